The first-order chi connectivity index (χ1) is 7.75. The Morgan fingerprint density at radius 3 is 2.59 bits per heavy atom. The molecule has 0 bridgehead atoms. The normalized spacial score (nSPS) is 13.4. The van der Waals surface area contributed by atoms with Gasteiger partial charge in [-0.25, -0.2) is 8.42 Å². The quantitative estimate of drug-likeness (QED) is 0.880. The Bertz CT molecular complexity index is 541. The number of hydrogen-bond acceptors (Lipinski definition) is 3. The van der Waals surface area contributed by atoms with Crippen molar-refractivity contribution in [3.63, 3.8) is 0 Å². The molecule has 0 fully saturated rings. The number of hydrogen-bond donors (Lipinski definition) is 2. The molecule has 0 aliphatic carbocycles. The Hall–Kier alpha value is -0.920. The van der Waals surface area contributed by atoms with E-state index in [0.29, 0.717) is 10.0 Å². The van der Waals surface area contributed by atoms with Crippen LogP contribution in [0.15, 0.2) is 27.6 Å². The number of rotatable bonds is 4. The SMILES string of the molecule is Cc1c(Br)cccc1S(=O)(=O)N[C@@H](C)C(=O)O. The zero-order valence-electron chi connectivity index (χ0n) is 9.27. The number of nitrogens with one attached hydrogen (secondary N) is 1. The smallest absolute Gasteiger partial charge is 0.321 e. The van der Waals surface area contributed by atoms with Gasteiger partial charge in [0.1, 0.15) is 6.04 Å². The largest absolute Gasteiger partial charge is 0.480 e. The van der Waals surface area contributed by atoms with Crippen molar-refractivity contribution in [3.8, 4) is 0 Å². The molecule has 1 atom stereocenters. The van der Waals surface area contributed by atoms with E-state index in [1.54, 1.807) is 19.1 Å². The molecule has 1 rings (SSSR count). The van der Waals surface area contributed by atoms with Crippen LogP contribution in [-0.2, 0) is 14.8 Å². The van der Waals surface area contributed by atoms with Crippen molar-refractivity contribution in [1.82, 2.24) is 4.72 Å². The summed E-state index contributed by atoms with van der Waals surface area (Å²) in [5, 5.41) is 8.68. The minimum absolute atomic E-state index is 0.0694. The van der Waals surface area contributed by atoms with Crippen LogP contribution in [0.5, 0.6) is 0 Å². The summed E-state index contributed by atoms with van der Waals surface area (Å²) in [5.41, 5.74) is 0.539. The average molecular weight is 322 g/mol. The van der Waals surface area contributed by atoms with E-state index in [9.17, 15) is 13.2 Å². The van der Waals surface area contributed by atoms with Gasteiger partial charge in [-0.3, -0.25) is 4.79 Å². The van der Waals surface area contributed by atoms with E-state index in [-0.39, 0.29) is 4.90 Å². The summed E-state index contributed by atoms with van der Waals surface area (Å²) >= 11 is 3.23. The maximum absolute atomic E-state index is 11.9. The van der Waals surface area contributed by atoms with Crippen molar-refractivity contribution in [3.05, 3.63) is 28.2 Å². The monoisotopic (exact) mass is 321 g/mol. The number of aliphatic carboxylic acids is 1. The van der Waals surface area contributed by atoms with Crippen molar-refractivity contribution in [2.45, 2.75) is 24.8 Å². The molecule has 0 radical (unpaired) electrons. The molecule has 0 aliphatic heterocycles. The maximum Gasteiger partial charge on any atom is 0.321 e. The number of carbonyl (C=O) groups is 1. The second kappa shape index (κ2) is 5.16. The maximum atomic E-state index is 11.9. The third-order valence-electron chi connectivity index (χ3n) is 2.21. The minimum Gasteiger partial charge on any atom is -0.480 e. The van der Waals surface area contributed by atoms with Gasteiger partial charge in [0.05, 0.1) is 4.90 Å². The summed E-state index contributed by atoms with van der Waals surface area (Å²) in [5.74, 6) is -1.22. The first-order valence-electron chi connectivity index (χ1n) is 4.76. The van der Waals surface area contributed by atoms with Crippen LogP contribution < -0.4 is 4.72 Å². The summed E-state index contributed by atoms with van der Waals surface area (Å²) in [6.45, 7) is 2.91. The van der Waals surface area contributed by atoms with Gasteiger partial charge < -0.3 is 5.11 Å². The van der Waals surface area contributed by atoms with Crippen LogP contribution >= 0.6 is 15.9 Å². The average Bonchev–Trinajstić information content (AvgIpc) is 2.21. The number of sulfonamides is 1. The van der Waals surface area contributed by atoms with Gasteiger partial charge in [0.25, 0.3) is 0 Å². The molecular formula is C10H12BrNO4S. The first kappa shape index (κ1) is 14.1. The van der Waals surface area contributed by atoms with Crippen LogP contribution in [0.3, 0.4) is 0 Å². The highest BCUT2D eigenvalue weighted by molar-refractivity contribution is 9.10. The Morgan fingerprint density at radius 1 is 1.47 bits per heavy atom. The van der Waals surface area contributed by atoms with Gasteiger partial charge in [-0.1, -0.05) is 22.0 Å². The van der Waals surface area contributed by atoms with Crippen LogP contribution in [0.4, 0.5) is 0 Å². The lowest BCUT2D eigenvalue weighted by Crippen LogP contribution is -2.38. The molecule has 17 heavy (non-hydrogen) atoms. The number of benzene rings is 1. The second-order valence-electron chi connectivity index (χ2n) is 3.54. The van der Waals surface area contributed by atoms with Crippen molar-refractivity contribution < 1.29 is 18.3 Å². The fraction of sp³-hybridized carbons (Fsp3) is 0.300. The van der Waals surface area contributed by atoms with Crippen molar-refractivity contribution in [2.75, 3.05) is 0 Å². The zero-order valence-corrected chi connectivity index (χ0v) is 11.7. The molecule has 5 nitrogen and oxygen atoms in total. The summed E-state index contributed by atoms with van der Waals surface area (Å²) in [7, 11) is -3.82. The molecule has 0 aromatic heterocycles. The lowest BCUT2D eigenvalue weighted by molar-refractivity contribution is -0.138. The van der Waals surface area contributed by atoms with E-state index in [4.69, 9.17) is 5.11 Å². The summed E-state index contributed by atoms with van der Waals surface area (Å²) in [4.78, 5) is 10.7. The molecule has 94 valence electrons. The van der Waals surface area contributed by atoms with E-state index >= 15 is 0 Å². The number of halogens is 1. The van der Waals surface area contributed by atoms with Gasteiger partial charge in [-0.05, 0) is 31.5 Å². The molecule has 0 amide bonds. The molecule has 0 saturated carbocycles. The lowest BCUT2D eigenvalue weighted by atomic mass is 10.2. The molecule has 0 aliphatic rings. The predicted molar refractivity (Wildman–Crippen MR) is 66.3 cm³/mol. The van der Waals surface area contributed by atoms with E-state index in [0.717, 1.165) is 0 Å². The predicted octanol–water partition coefficient (Wildman–Crippen LogP) is 1.51. The molecular weight excluding hydrogens is 310 g/mol. The Labute approximate surface area is 108 Å². The number of carboxylic acid groups (broad SMARTS) is 1. The first-order valence-corrected chi connectivity index (χ1v) is 7.03. The molecule has 2 N–H and O–H groups in total. The molecule has 0 unspecified atom stereocenters. The molecule has 1 aromatic rings. The zero-order chi connectivity index (χ0) is 13.2. The van der Waals surface area contributed by atoms with E-state index < -0.39 is 22.0 Å². The Kier molecular flexibility index (Phi) is 4.29. The molecule has 0 saturated heterocycles. The van der Waals surface area contributed by atoms with Crippen LogP contribution in [0.1, 0.15) is 12.5 Å². The van der Waals surface area contributed by atoms with Crippen LogP contribution in [0.25, 0.3) is 0 Å². The highest BCUT2D eigenvalue weighted by atomic mass is 79.9. The van der Waals surface area contributed by atoms with Gasteiger partial charge in [0, 0.05) is 4.47 Å². The van der Waals surface area contributed by atoms with Crippen LogP contribution in [-0.4, -0.2) is 25.5 Å². The molecule has 7 heteroatoms. The topological polar surface area (TPSA) is 83.5 Å². The van der Waals surface area contributed by atoms with Crippen LogP contribution in [0, 0.1) is 6.92 Å². The highest BCUT2D eigenvalue weighted by Gasteiger charge is 2.23. The van der Waals surface area contributed by atoms with E-state index in [1.807, 2.05) is 0 Å². The van der Waals surface area contributed by atoms with Gasteiger partial charge in [0.15, 0.2) is 0 Å². The molecule has 0 heterocycles. The lowest BCUT2D eigenvalue weighted by Gasteiger charge is -2.12. The summed E-state index contributed by atoms with van der Waals surface area (Å²) < 4.78 is 26.6. The fourth-order valence-electron chi connectivity index (χ4n) is 1.23. The number of carboxylic acids is 1. The molecule has 0 spiro atoms. The van der Waals surface area contributed by atoms with Crippen molar-refractivity contribution >= 4 is 31.9 Å². The third kappa shape index (κ3) is 3.27. The van der Waals surface area contributed by atoms with E-state index in [2.05, 4.69) is 20.7 Å². The van der Waals surface area contributed by atoms with Gasteiger partial charge in [-0.15, -0.1) is 0 Å². The standard InChI is InChI=1S/C10H12BrNO4S/c1-6-8(11)4-3-5-9(6)17(15,16)12-7(2)10(13)14/h3-5,7,12H,1-2H3,(H,13,14)/t7-/m0/s1. The minimum atomic E-state index is -3.82. The highest BCUT2D eigenvalue weighted by Crippen LogP contribution is 2.23. The van der Waals surface area contributed by atoms with Gasteiger partial charge in [0.2, 0.25) is 10.0 Å². The molecule has 1 aromatic carbocycles. The van der Waals surface area contributed by atoms with Crippen molar-refractivity contribution in [1.29, 1.82) is 0 Å². The second-order valence-corrected chi connectivity index (χ2v) is 6.08. The van der Waals surface area contributed by atoms with E-state index in [1.165, 1.54) is 13.0 Å². The van der Waals surface area contributed by atoms with Gasteiger partial charge >= 0.3 is 5.97 Å². The third-order valence-corrected chi connectivity index (χ3v) is 4.75. The van der Waals surface area contributed by atoms with Crippen LogP contribution in [0.2, 0.25) is 0 Å². The van der Waals surface area contributed by atoms with Gasteiger partial charge in [-0.2, -0.15) is 4.72 Å². The summed E-state index contributed by atoms with van der Waals surface area (Å²) in [6.07, 6.45) is 0. The Morgan fingerprint density at radius 2 is 2.06 bits per heavy atom. The Balaban J connectivity index is 3.14. The fourth-order valence-corrected chi connectivity index (χ4v) is 3.19. The summed E-state index contributed by atoms with van der Waals surface area (Å²) in [6, 6.07) is 3.56. The van der Waals surface area contributed by atoms with Crippen molar-refractivity contribution in [2.24, 2.45) is 0 Å².